The van der Waals surface area contributed by atoms with Crippen molar-refractivity contribution in [3.05, 3.63) is 115 Å². The molecule has 0 N–H and O–H groups in total. The zero-order valence-corrected chi connectivity index (χ0v) is 23.7. The summed E-state index contributed by atoms with van der Waals surface area (Å²) >= 11 is 0. The lowest BCUT2D eigenvalue weighted by Gasteiger charge is -2.26. The van der Waals surface area contributed by atoms with Crippen molar-refractivity contribution in [1.82, 2.24) is 39.7 Å². The normalized spacial score (nSPS) is 13.8. The first-order valence-electron chi connectivity index (χ1n) is 14.1. The van der Waals surface area contributed by atoms with E-state index in [1.165, 1.54) is 5.56 Å². The monoisotopic (exact) mass is 553 g/mol. The molecular formula is C33H31N9. The summed E-state index contributed by atoms with van der Waals surface area (Å²) in [7, 11) is 4.12. The van der Waals surface area contributed by atoms with E-state index >= 15 is 0 Å². The van der Waals surface area contributed by atoms with Crippen molar-refractivity contribution in [2.45, 2.75) is 18.3 Å². The molecule has 1 saturated carbocycles. The highest BCUT2D eigenvalue weighted by molar-refractivity contribution is 5.79. The third-order valence-electron chi connectivity index (χ3n) is 8.25. The van der Waals surface area contributed by atoms with E-state index in [9.17, 15) is 0 Å². The van der Waals surface area contributed by atoms with Crippen molar-refractivity contribution < 1.29 is 0 Å². The van der Waals surface area contributed by atoms with Crippen LogP contribution in [0.5, 0.6) is 0 Å². The molecule has 0 aliphatic heterocycles. The molecule has 42 heavy (non-hydrogen) atoms. The van der Waals surface area contributed by atoms with Gasteiger partial charge in [-0.05, 0) is 54.3 Å². The van der Waals surface area contributed by atoms with Gasteiger partial charge in [-0.1, -0.05) is 49.0 Å². The molecule has 9 nitrogen and oxygen atoms in total. The molecule has 9 heteroatoms. The van der Waals surface area contributed by atoms with Crippen molar-refractivity contribution in [2.75, 3.05) is 32.1 Å². The Balaban J connectivity index is 1.10. The van der Waals surface area contributed by atoms with Crippen molar-refractivity contribution in [2.24, 2.45) is 0 Å². The summed E-state index contributed by atoms with van der Waals surface area (Å²) in [5.41, 5.74) is 5.74. The fourth-order valence-corrected chi connectivity index (χ4v) is 5.45. The maximum absolute atomic E-state index is 4.96. The molecular weight excluding hydrogens is 522 g/mol. The number of anilines is 1. The molecule has 0 radical (unpaired) electrons. The van der Waals surface area contributed by atoms with Crippen LogP contribution >= 0.6 is 0 Å². The summed E-state index contributed by atoms with van der Waals surface area (Å²) in [5, 5.41) is 15.0. The van der Waals surface area contributed by atoms with Crippen LogP contribution in [-0.4, -0.2) is 66.8 Å². The fraction of sp³-hybridized carbons (Fsp3) is 0.212. The lowest BCUT2D eigenvalue weighted by molar-refractivity contribution is 0.486. The van der Waals surface area contributed by atoms with E-state index in [0.29, 0.717) is 5.78 Å². The predicted octanol–water partition coefficient (Wildman–Crippen LogP) is 5.25. The molecule has 4 aromatic heterocycles. The number of likely N-dealkylation sites (N-methyl/N-ethyl adjacent to an activating group) is 2. The van der Waals surface area contributed by atoms with Gasteiger partial charge in [-0.3, -0.25) is 4.98 Å². The van der Waals surface area contributed by atoms with Gasteiger partial charge in [0.2, 0.25) is 0 Å². The first-order valence-corrected chi connectivity index (χ1v) is 14.1. The van der Waals surface area contributed by atoms with Crippen LogP contribution in [-0.2, 0) is 5.41 Å². The minimum absolute atomic E-state index is 0.215. The Hall–Kier alpha value is -5.18. The average molecular weight is 554 g/mol. The highest BCUT2D eigenvalue weighted by Gasteiger charge is 2.50. The van der Waals surface area contributed by atoms with Gasteiger partial charge in [0, 0.05) is 56.2 Å². The largest absolute Gasteiger partial charge is 0.373 e. The average Bonchev–Trinajstić information content (AvgIpc) is 3.75. The van der Waals surface area contributed by atoms with Crippen LogP contribution in [0.15, 0.2) is 98.0 Å². The number of aromatic nitrogens is 7. The van der Waals surface area contributed by atoms with E-state index in [2.05, 4.69) is 104 Å². The van der Waals surface area contributed by atoms with E-state index in [-0.39, 0.29) is 5.41 Å². The van der Waals surface area contributed by atoms with Crippen molar-refractivity contribution in [3.8, 4) is 11.3 Å². The van der Waals surface area contributed by atoms with E-state index in [4.69, 9.17) is 5.10 Å². The van der Waals surface area contributed by atoms with Gasteiger partial charge in [0.1, 0.15) is 11.5 Å². The standard InChI is InChI=1S/C33H31N9/c1-23(40(2)19-20-41(3)30-8-4-5-17-35-30)24-9-11-25(12-10-24)29-22-36-32-38-37-31(42(32)39-29)33(15-16-33)27-13-14-28-26(21-27)7-6-18-34-28/h4-14,17-18,21-22H,1,15-16,19-20H2,2-3H3. The quantitative estimate of drug-likeness (QED) is 0.240. The number of hydrogen-bond donors (Lipinski definition) is 0. The summed E-state index contributed by atoms with van der Waals surface area (Å²) in [5.74, 6) is 2.29. The van der Waals surface area contributed by atoms with E-state index in [1.807, 2.05) is 41.2 Å². The van der Waals surface area contributed by atoms with E-state index < -0.39 is 0 Å². The Bertz CT molecular complexity index is 1890. The maximum Gasteiger partial charge on any atom is 0.271 e. The molecule has 1 aliphatic carbocycles. The Morgan fingerprint density at radius 2 is 1.71 bits per heavy atom. The molecule has 0 bridgehead atoms. The third-order valence-corrected chi connectivity index (χ3v) is 8.25. The molecule has 1 aliphatic rings. The van der Waals surface area contributed by atoms with Crippen molar-refractivity contribution in [1.29, 1.82) is 0 Å². The Labute approximate surface area is 244 Å². The molecule has 1 fully saturated rings. The van der Waals surface area contributed by atoms with Gasteiger partial charge < -0.3 is 9.80 Å². The van der Waals surface area contributed by atoms with Gasteiger partial charge in [0.25, 0.3) is 5.78 Å². The van der Waals surface area contributed by atoms with Gasteiger partial charge in [-0.15, -0.1) is 10.2 Å². The second-order valence-corrected chi connectivity index (χ2v) is 10.9. The molecule has 0 amide bonds. The van der Waals surface area contributed by atoms with Crippen LogP contribution < -0.4 is 4.90 Å². The third kappa shape index (κ3) is 4.62. The molecule has 208 valence electrons. The van der Waals surface area contributed by atoms with Gasteiger partial charge in [-0.25, -0.2) is 9.97 Å². The topological polar surface area (TPSA) is 88.2 Å². The van der Waals surface area contributed by atoms with Crippen LogP contribution in [0.3, 0.4) is 0 Å². The number of rotatable bonds is 9. The summed E-state index contributed by atoms with van der Waals surface area (Å²) in [4.78, 5) is 17.8. The zero-order valence-electron chi connectivity index (χ0n) is 23.7. The summed E-state index contributed by atoms with van der Waals surface area (Å²) in [6.45, 7) is 6.00. The Kier molecular flexibility index (Phi) is 6.34. The zero-order chi connectivity index (χ0) is 28.7. The number of nitrogens with zero attached hydrogens (tertiary/aromatic N) is 9. The highest BCUT2D eigenvalue weighted by Crippen LogP contribution is 2.53. The first-order chi connectivity index (χ1) is 20.5. The summed E-state index contributed by atoms with van der Waals surface area (Å²) < 4.78 is 1.81. The Morgan fingerprint density at radius 1 is 0.881 bits per heavy atom. The van der Waals surface area contributed by atoms with Crippen molar-refractivity contribution >= 4 is 28.2 Å². The summed E-state index contributed by atoms with van der Waals surface area (Å²) in [6.07, 6.45) is 7.39. The summed E-state index contributed by atoms with van der Waals surface area (Å²) in [6, 6.07) is 24.8. The molecule has 0 saturated heterocycles. The molecule has 2 aromatic carbocycles. The van der Waals surface area contributed by atoms with Crippen molar-refractivity contribution in [3.63, 3.8) is 0 Å². The molecule has 0 unspecified atom stereocenters. The molecule has 7 rings (SSSR count). The van der Waals surface area contributed by atoms with Crippen LogP contribution in [0.4, 0.5) is 5.82 Å². The van der Waals surface area contributed by atoms with Crippen LogP contribution in [0, 0.1) is 0 Å². The van der Waals surface area contributed by atoms with E-state index in [0.717, 1.165) is 71.0 Å². The Morgan fingerprint density at radius 3 is 2.50 bits per heavy atom. The second kappa shape index (κ2) is 10.3. The van der Waals surface area contributed by atoms with Gasteiger partial charge in [-0.2, -0.15) is 9.61 Å². The number of fused-ring (bicyclic) bond motifs is 2. The lowest BCUT2D eigenvalue weighted by Crippen LogP contribution is -2.30. The molecule has 4 heterocycles. The first kappa shape index (κ1) is 25.8. The van der Waals surface area contributed by atoms with Gasteiger partial charge >= 0.3 is 0 Å². The molecule has 0 spiro atoms. The molecule has 6 aromatic rings. The molecule has 0 atom stereocenters. The van der Waals surface area contributed by atoms with Crippen LogP contribution in [0.25, 0.3) is 33.6 Å². The number of pyridine rings is 2. The van der Waals surface area contributed by atoms with Crippen LogP contribution in [0.2, 0.25) is 0 Å². The fourth-order valence-electron chi connectivity index (χ4n) is 5.45. The minimum Gasteiger partial charge on any atom is -0.373 e. The number of hydrogen-bond acceptors (Lipinski definition) is 8. The maximum atomic E-state index is 4.96. The number of benzene rings is 2. The minimum atomic E-state index is -0.215. The van der Waals surface area contributed by atoms with E-state index in [1.54, 1.807) is 6.20 Å². The van der Waals surface area contributed by atoms with Gasteiger partial charge in [0.05, 0.1) is 17.1 Å². The lowest BCUT2D eigenvalue weighted by atomic mass is 9.94. The second-order valence-electron chi connectivity index (χ2n) is 10.9. The highest BCUT2D eigenvalue weighted by atomic mass is 15.4. The smallest absolute Gasteiger partial charge is 0.271 e. The van der Waals surface area contributed by atoms with Crippen LogP contribution in [0.1, 0.15) is 29.8 Å². The SMILES string of the molecule is C=C(c1ccc(-c2cnc3nnc(C4(c5ccc6ncccc6c5)CC4)n3n2)cc1)N(C)CCN(C)c1ccccn1. The van der Waals surface area contributed by atoms with Gasteiger partial charge in [0.15, 0.2) is 5.82 Å². The predicted molar refractivity (Wildman–Crippen MR) is 165 cm³/mol.